The Bertz CT molecular complexity index is 604. The molecule has 0 aromatic heterocycles. The van der Waals surface area contributed by atoms with E-state index in [2.05, 4.69) is 86.6 Å². The molecule has 0 amide bonds. The summed E-state index contributed by atoms with van der Waals surface area (Å²) in [5.41, 5.74) is -0.431. The van der Waals surface area contributed by atoms with Crippen molar-refractivity contribution in [3.8, 4) is 0 Å². The topological polar surface area (TPSA) is 36.9 Å². The molecule has 27 heavy (non-hydrogen) atoms. The fourth-order valence-corrected chi connectivity index (χ4v) is 3.67. The predicted octanol–water partition coefficient (Wildman–Crippen LogP) is 4.88. The SMILES string of the molecule is CC(c1ccccc1)C(B1OC(C)(C)C(C)(C)O1)B1OC(C)(C)C(C)(C)O1. The smallest absolute Gasteiger partial charge is 0.403 e. The Morgan fingerprint density at radius 2 is 0.963 bits per heavy atom. The van der Waals surface area contributed by atoms with Crippen molar-refractivity contribution in [1.29, 1.82) is 0 Å². The van der Waals surface area contributed by atoms with Crippen molar-refractivity contribution in [3.63, 3.8) is 0 Å². The second kappa shape index (κ2) is 6.62. The van der Waals surface area contributed by atoms with Gasteiger partial charge in [0.25, 0.3) is 0 Å². The molecule has 1 aromatic carbocycles. The van der Waals surface area contributed by atoms with Gasteiger partial charge in [0.2, 0.25) is 0 Å². The Labute approximate surface area is 165 Å². The number of hydrogen-bond acceptors (Lipinski definition) is 4. The van der Waals surface area contributed by atoms with E-state index in [0.29, 0.717) is 0 Å². The molecule has 2 fully saturated rings. The summed E-state index contributed by atoms with van der Waals surface area (Å²) < 4.78 is 25.7. The minimum atomic E-state index is -0.403. The van der Waals surface area contributed by atoms with Gasteiger partial charge in [-0.2, -0.15) is 0 Å². The summed E-state index contributed by atoms with van der Waals surface area (Å²) in [5, 5.41) is 0. The Hall–Kier alpha value is -0.810. The van der Waals surface area contributed by atoms with E-state index in [-0.39, 0.29) is 11.6 Å². The van der Waals surface area contributed by atoms with E-state index < -0.39 is 36.6 Å². The third-order valence-electron chi connectivity index (χ3n) is 7.07. The number of hydrogen-bond donors (Lipinski definition) is 0. The van der Waals surface area contributed by atoms with E-state index in [0.717, 1.165) is 0 Å². The highest BCUT2D eigenvalue weighted by molar-refractivity contribution is 6.68. The molecule has 2 aliphatic rings. The van der Waals surface area contributed by atoms with Gasteiger partial charge in [-0.15, -0.1) is 0 Å². The molecule has 148 valence electrons. The van der Waals surface area contributed by atoms with Crippen LogP contribution in [0, 0.1) is 0 Å². The Morgan fingerprint density at radius 3 is 1.30 bits per heavy atom. The Morgan fingerprint density at radius 1 is 0.630 bits per heavy atom. The lowest BCUT2D eigenvalue weighted by Gasteiger charge is -2.32. The highest BCUT2D eigenvalue weighted by atomic mass is 16.7. The van der Waals surface area contributed by atoms with Crippen LogP contribution in [0.2, 0.25) is 5.72 Å². The second-order valence-corrected chi connectivity index (χ2v) is 10.0. The first kappa shape index (κ1) is 20.9. The van der Waals surface area contributed by atoms with Crippen molar-refractivity contribution < 1.29 is 18.6 Å². The van der Waals surface area contributed by atoms with Gasteiger partial charge in [0.1, 0.15) is 0 Å². The van der Waals surface area contributed by atoms with Crippen LogP contribution < -0.4 is 0 Å². The standard InChI is InChI=1S/C21H34B2O4/c1-15(16-13-11-10-12-14-16)17(22-24-18(2,3)19(4,5)25-22)23-26-20(6,7)21(8,9)27-23/h10-15,17H,1-9H3. The number of rotatable bonds is 4. The molecule has 3 rings (SSSR count). The summed E-state index contributed by atoms with van der Waals surface area (Å²) in [5.74, 6) is 0.149. The molecular weight excluding hydrogens is 338 g/mol. The van der Waals surface area contributed by atoms with Crippen molar-refractivity contribution in [2.45, 2.75) is 96.4 Å². The van der Waals surface area contributed by atoms with E-state index in [1.807, 2.05) is 6.07 Å². The molecule has 2 saturated heterocycles. The summed E-state index contributed by atoms with van der Waals surface area (Å²) in [6.07, 6.45) is 0. The van der Waals surface area contributed by atoms with Crippen LogP contribution in [0.5, 0.6) is 0 Å². The van der Waals surface area contributed by atoms with Crippen molar-refractivity contribution in [1.82, 2.24) is 0 Å². The fourth-order valence-electron chi connectivity index (χ4n) is 3.67. The van der Waals surface area contributed by atoms with Gasteiger partial charge in [0, 0.05) is 5.72 Å². The summed E-state index contributed by atoms with van der Waals surface area (Å²) >= 11 is 0. The molecule has 1 atom stereocenters. The van der Waals surface area contributed by atoms with Gasteiger partial charge in [-0.05, 0) is 66.9 Å². The highest BCUT2D eigenvalue weighted by Crippen LogP contribution is 2.49. The fraction of sp³-hybridized carbons (Fsp3) is 0.714. The molecule has 2 aliphatic heterocycles. The van der Waals surface area contributed by atoms with Crippen LogP contribution in [-0.2, 0) is 18.6 Å². The van der Waals surface area contributed by atoms with Crippen LogP contribution in [0.4, 0.5) is 0 Å². The lowest BCUT2D eigenvalue weighted by atomic mass is 9.46. The summed E-state index contributed by atoms with van der Waals surface area (Å²) in [4.78, 5) is 0. The zero-order chi connectivity index (χ0) is 20.3. The normalized spacial score (nSPS) is 26.6. The van der Waals surface area contributed by atoms with Crippen LogP contribution >= 0.6 is 0 Å². The van der Waals surface area contributed by atoms with Gasteiger partial charge in [-0.1, -0.05) is 37.3 Å². The molecule has 1 unspecified atom stereocenters. The van der Waals surface area contributed by atoms with Crippen LogP contribution in [-0.4, -0.2) is 36.6 Å². The minimum absolute atomic E-state index is 0.0884. The number of benzene rings is 1. The molecule has 0 N–H and O–H groups in total. The Balaban J connectivity index is 1.96. The van der Waals surface area contributed by atoms with Crippen LogP contribution in [0.15, 0.2) is 30.3 Å². The van der Waals surface area contributed by atoms with E-state index in [9.17, 15) is 0 Å². The summed E-state index contributed by atoms with van der Waals surface area (Å²) in [6.45, 7) is 18.9. The lowest BCUT2D eigenvalue weighted by Crippen LogP contribution is -2.41. The zero-order valence-electron chi connectivity index (χ0n) is 18.3. The third-order valence-corrected chi connectivity index (χ3v) is 7.07. The Kier molecular flexibility index (Phi) is 5.13. The van der Waals surface area contributed by atoms with Crippen LogP contribution in [0.25, 0.3) is 0 Å². The van der Waals surface area contributed by atoms with Crippen molar-refractivity contribution >= 4 is 14.2 Å². The van der Waals surface area contributed by atoms with Gasteiger partial charge in [-0.3, -0.25) is 0 Å². The molecule has 0 spiro atoms. The minimum Gasteiger partial charge on any atom is -0.403 e. The molecule has 6 heteroatoms. The van der Waals surface area contributed by atoms with Gasteiger partial charge in [-0.25, -0.2) is 0 Å². The first-order valence-electron chi connectivity index (χ1n) is 10.0. The third kappa shape index (κ3) is 3.62. The monoisotopic (exact) mass is 372 g/mol. The maximum absolute atomic E-state index is 6.44. The van der Waals surface area contributed by atoms with Crippen LogP contribution in [0.1, 0.15) is 73.8 Å². The van der Waals surface area contributed by atoms with Crippen molar-refractivity contribution in [2.24, 2.45) is 0 Å². The molecule has 4 nitrogen and oxygen atoms in total. The van der Waals surface area contributed by atoms with Gasteiger partial charge >= 0.3 is 14.2 Å². The first-order chi connectivity index (χ1) is 12.3. The summed E-state index contributed by atoms with van der Waals surface area (Å²) in [7, 11) is -0.806. The lowest BCUT2D eigenvalue weighted by molar-refractivity contribution is 0.00578. The average Bonchev–Trinajstić information content (AvgIpc) is 2.87. The molecular formula is C21H34B2O4. The molecule has 1 aromatic rings. The van der Waals surface area contributed by atoms with E-state index in [4.69, 9.17) is 18.6 Å². The zero-order valence-corrected chi connectivity index (χ0v) is 18.3. The van der Waals surface area contributed by atoms with Gasteiger partial charge in [0.05, 0.1) is 22.4 Å². The van der Waals surface area contributed by atoms with E-state index in [1.165, 1.54) is 5.56 Å². The summed E-state index contributed by atoms with van der Waals surface area (Å²) in [6, 6.07) is 10.5. The van der Waals surface area contributed by atoms with E-state index >= 15 is 0 Å². The molecule has 0 saturated carbocycles. The van der Waals surface area contributed by atoms with Crippen molar-refractivity contribution in [2.75, 3.05) is 0 Å². The average molecular weight is 372 g/mol. The molecule has 0 bridgehead atoms. The maximum atomic E-state index is 6.44. The maximum Gasteiger partial charge on any atom is 0.459 e. The van der Waals surface area contributed by atoms with Gasteiger partial charge < -0.3 is 18.6 Å². The molecule has 0 radical (unpaired) electrons. The highest BCUT2D eigenvalue weighted by Gasteiger charge is 2.62. The molecule has 0 aliphatic carbocycles. The van der Waals surface area contributed by atoms with Crippen LogP contribution in [0.3, 0.4) is 0 Å². The second-order valence-electron chi connectivity index (χ2n) is 10.0. The first-order valence-corrected chi connectivity index (χ1v) is 10.0. The quantitative estimate of drug-likeness (QED) is 0.706. The van der Waals surface area contributed by atoms with Gasteiger partial charge in [0.15, 0.2) is 0 Å². The van der Waals surface area contributed by atoms with E-state index in [1.54, 1.807) is 0 Å². The predicted molar refractivity (Wildman–Crippen MR) is 111 cm³/mol. The largest absolute Gasteiger partial charge is 0.459 e. The molecule has 2 heterocycles. The van der Waals surface area contributed by atoms with Crippen molar-refractivity contribution in [3.05, 3.63) is 35.9 Å².